The van der Waals surface area contributed by atoms with Crippen LogP contribution in [0.5, 0.6) is 0 Å². The van der Waals surface area contributed by atoms with E-state index >= 15 is 0 Å². The van der Waals surface area contributed by atoms with Crippen molar-refractivity contribution >= 4 is 0 Å². The van der Waals surface area contributed by atoms with Crippen LogP contribution in [0.3, 0.4) is 0 Å². The van der Waals surface area contributed by atoms with Crippen LogP contribution in [-0.2, 0) is 17.8 Å². The molecule has 1 N–H and O–H groups in total. The van der Waals surface area contributed by atoms with Crippen LogP contribution in [0.15, 0.2) is 23.3 Å². The average molecular weight is 317 g/mol. The Morgan fingerprint density at radius 2 is 2.35 bits per heavy atom. The SMILES string of the molecule is CCCn1cc(CN2CCO[C@@H](c3cc(=O)[nH]c(C)n3)C2)cn1. The minimum absolute atomic E-state index is 0.130. The zero-order chi connectivity index (χ0) is 16.2. The molecule has 0 aliphatic carbocycles. The number of hydrogen-bond acceptors (Lipinski definition) is 5. The first-order valence-corrected chi connectivity index (χ1v) is 8.07. The van der Waals surface area contributed by atoms with Gasteiger partial charge in [-0.3, -0.25) is 14.4 Å². The number of ether oxygens (including phenoxy) is 1. The Morgan fingerprint density at radius 1 is 1.48 bits per heavy atom. The summed E-state index contributed by atoms with van der Waals surface area (Å²) < 4.78 is 7.79. The largest absolute Gasteiger partial charge is 0.369 e. The summed E-state index contributed by atoms with van der Waals surface area (Å²) in [5, 5.41) is 4.37. The van der Waals surface area contributed by atoms with Gasteiger partial charge in [-0.05, 0) is 13.3 Å². The average Bonchev–Trinajstić information content (AvgIpc) is 2.94. The number of nitrogens with one attached hydrogen (secondary N) is 1. The van der Waals surface area contributed by atoms with Crippen molar-refractivity contribution in [2.45, 2.75) is 39.5 Å². The number of nitrogens with zero attached hydrogens (tertiary/aromatic N) is 4. The summed E-state index contributed by atoms with van der Waals surface area (Å²) in [6.45, 7) is 7.96. The molecule has 0 saturated carbocycles. The van der Waals surface area contributed by atoms with E-state index in [0.717, 1.165) is 32.6 Å². The Balaban J connectivity index is 1.66. The van der Waals surface area contributed by atoms with Crippen molar-refractivity contribution in [3.63, 3.8) is 0 Å². The standard InChI is InChI=1S/C16H23N5O2/c1-3-4-21-10-13(8-17-21)9-20-5-6-23-15(11-20)14-7-16(22)19-12(2)18-14/h7-8,10,15H,3-6,9,11H2,1-2H3,(H,18,19,22)/t15-/m1/s1. The topological polar surface area (TPSA) is 76.0 Å². The van der Waals surface area contributed by atoms with Gasteiger partial charge in [-0.2, -0.15) is 5.10 Å². The van der Waals surface area contributed by atoms with E-state index in [4.69, 9.17) is 4.74 Å². The van der Waals surface area contributed by atoms with Crippen LogP contribution in [0.1, 0.15) is 36.5 Å². The molecule has 1 aliphatic rings. The highest BCUT2D eigenvalue weighted by molar-refractivity contribution is 5.08. The van der Waals surface area contributed by atoms with Gasteiger partial charge >= 0.3 is 0 Å². The second-order valence-corrected chi connectivity index (χ2v) is 5.96. The lowest BCUT2D eigenvalue weighted by Crippen LogP contribution is -2.38. The predicted molar refractivity (Wildman–Crippen MR) is 86.1 cm³/mol. The molecule has 0 radical (unpaired) electrons. The van der Waals surface area contributed by atoms with Gasteiger partial charge in [0.15, 0.2) is 0 Å². The second-order valence-electron chi connectivity index (χ2n) is 5.96. The third-order valence-corrected chi connectivity index (χ3v) is 3.91. The highest BCUT2D eigenvalue weighted by atomic mass is 16.5. The van der Waals surface area contributed by atoms with Gasteiger partial charge in [0.1, 0.15) is 11.9 Å². The minimum Gasteiger partial charge on any atom is -0.369 e. The van der Waals surface area contributed by atoms with Gasteiger partial charge in [0.05, 0.1) is 18.5 Å². The van der Waals surface area contributed by atoms with Crippen LogP contribution in [0, 0.1) is 6.92 Å². The molecule has 124 valence electrons. The van der Waals surface area contributed by atoms with Crippen LogP contribution in [0.25, 0.3) is 0 Å². The lowest BCUT2D eigenvalue weighted by atomic mass is 10.2. The molecule has 1 aliphatic heterocycles. The Morgan fingerprint density at radius 3 is 3.13 bits per heavy atom. The Hall–Kier alpha value is -1.99. The molecule has 2 aromatic heterocycles. The molecule has 3 rings (SSSR count). The fourth-order valence-corrected chi connectivity index (χ4v) is 2.89. The maximum atomic E-state index is 11.6. The van der Waals surface area contributed by atoms with Gasteiger partial charge in [-0.1, -0.05) is 6.92 Å². The summed E-state index contributed by atoms with van der Waals surface area (Å²) in [5.41, 5.74) is 1.78. The van der Waals surface area contributed by atoms with E-state index in [1.54, 1.807) is 6.92 Å². The van der Waals surface area contributed by atoms with E-state index in [1.165, 1.54) is 11.6 Å². The Bertz CT molecular complexity index is 708. The van der Waals surface area contributed by atoms with Gasteiger partial charge in [0.25, 0.3) is 5.56 Å². The highest BCUT2D eigenvalue weighted by Crippen LogP contribution is 2.21. The molecule has 0 amide bonds. The first kappa shape index (κ1) is 15.9. The van der Waals surface area contributed by atoms with Crippen LogP contribution < -0.4 is 5.56 Å². The fraction of sp³-hybridized carbons (Fsp3) is 0.562. The molecule has 0 unspecified atom stereocenters. The molecular formula is C16H23N5O2. The summed E-state index contributed by atoms with van der Waals surface area (Å²) in [7, 11) is 0. The zero-order valence-electron chi connectivity index (χ0n) is 13.7. The van der Waals surface area contributed by atoms with Crippen LogP contribution in [0.4, 0.5) is 0 Å². The van der Waals surface area contributed by atoms with Crippen LogP contribution in [-0.4, -0.2) is 44.3 Å². The van der Waals surface area contributed by atoms with Crippen molar-refractivity contribution in [1.29, 1.82) is 0 Å². The van der Waals surface area contributed by atoms with Crippen molar-refractivity contribution in [1.82, 2.24) is 24.6 Å². The first-order valence-electron chi connectivity index (χ1n) is 8.07. The lowest BCUT2D eigenvalue weighted by molar-refractivity contribution is -0.0351. The maximum Gasteiger partial charge on any atom is 0.251 e. The third-order valence-electron chi connectivity index (χ3n) is 3.91. The quantitative estimate of drug-likeness (QED) is 0.898. The van der Waals surface area contributed by atoms with Crippen molar-refractivity contribution < 1.29 is 4.74 Å². The zero-order valence-corrected chi connectivity index (χ0v) is 13.7. The predicted octanol–water partition coefficient (Wildman–Crippen LogP) is 1.26. The monoisotopic (exact) mass is 317 g/mol. The van der Waals surface area contributed by atoms with Crippen LogP contribution in [0.2, 0.25) is 0 Å². The molecule has 7 nitrogen and oxygen atoms in total. The molecule has 2 aromatic rings. The van der Waals surface area contributed by atoms with Gasteiger partial charge in [-0.15, -0.1) is 0 Å². The minimum atomic E-state index is -0.157. The van der Waals surface area contributed by atoms with E-state index in [-0.39, 0.29) is 11.7 Å². The number of morpholine rings is 1. The summed E-state index contributed by atoms with van der Waals surface area (Å²) in [6, 6.07) is 1.53. The van der Waals surface area contributed by atoms with Crippen molar-refractivity contribution in [2.75, 3.05) is 19.7 Å². The summed E-state index contributed by atoms with van der Waals surface area (Å²) >= 11 is 0. The second kappa shape index (κ2) is 7.06. The molecule has 23 heavy (non-hydrogen) atoms. The van der Waals surface area contributed by atoms with Gasteiger partial charge in [-0.25, -0.2) is 4.98 Å². The molecule has 0 spiro atoms. The van der Waals surface area contributed by atoms with Gasteiger partial charge in [0, 0.05) is 44.0 Å². The van der Waals surface area contributed by atoms with Crippen molar-refractivity contribution in [3.8, 4) is 0 Å². The molecule has 1 fully saturated rings. The number of H-pyrrole nitrogens is 1. The van der Waals surface area contributed by atoms with E-state index in [1.807, 2.05) is 10.9 Å². The molecule has 1 atom stereocenters. The third kappa shape index (κ3) is 4.05. The van der Waals surface area contributed by atoms with Gasteiger partial charge in [0.2, 0.25) is 0 Å². The lowest BCUT2D eigenvalue weighted by Gasteiger charge is -2.32. The summed E-state index contributed by atoms with van der Waals surface area (Å²) in [4.78, 5) is 21.0. The summed E-state index contributed by atoms with van der Waals surface area (Å²) in [6.07, 6.45) is 4.95. The Labute approximate surface area is 135 Å². The molecule has 7 heteroatoms. The van der Waals surface area contributed by atoms with E-state index in [2.05, 4.69) is 33.1 Å². The molecular weight excluding hydrogens is 294 g/mol. The molecule has 0 bridgehead atoms. The number of rotatable bonds is 5. The molecule has 0 aromatic carbocycles. The number of hydrogen-bond donors (Lipinski definition) is 1. The molecule has 1 saturated heterocycles. The fourth-order valence-electron chi connectivity index (χ4n) is 2.89. The smallest absolute Gasteiger partial charge is 0.251 e. The summed E-state index contributed by atoms with van der Waals surface area (Å²) in [5.74, 6) is 0.620. The highest BCUT2D eigenvalue weighted by Gasteiger charge is 2.24. The van der Waals surface area contributed by atoms with E-state index in [0.29, 0.717) is 18.1 Å². The normalized spacial score (nSPS) is 19.1. The van der Waals surface area contributed by atoms with E-state index < -0.39 is 0 Å². The number of aromatic amines is 1. The molecule has 3 heterocycles. The van der Waals surface area contributed by atoms with Gasteiger partial charge < -0.3 is 9.72 Å². The first-order chi connectivity index (χ1) is 11.1. The maximum absolute atomic E-state index is 11.6. The van der Waals surface area contributed by atoms with E-state index in [9.17, 15) is 4.79 Å². The number of aryl methyl sites for hydroxylation is 2. The van der Waals surface area contributed by atoms with Crippen molar-refractivity contribution in [3.05, 3.63) is 45.9 Å². The van der Waals surface area contributed by atoms with Crippen LogP contribution >= 0.6 is 0 Å². The van der Waals surface area contributed by atoms with Crippen molar-refractivity contribution in [2.24, 2.45) is 0 Å². The number of aromatic nitrogens is 4. The Kier molecular flexibility index (Phi) is 4.88.